The van der Waals surface area contributed by atoms with Crippen molar-refractivity contribution < 1.29 is 0 Å². The average Bonchev–Trinajstić information content (AvgIpc) is 1.36. The van der Waals surface area contributed by atoms with Gasteiger partial charge in [0.2, 0.25) is 6.69 Å². The zero-order chi connectivity index (χ0) is 6.50. The second-order valence-corrected chi connectivity index (χ2v) is 10.2. The van der Waals surface area contributed by atoms with Gasteiger partial charge in [-0.25, -0.2) is 0 Å². The highest BCUT2D eigenvalue weighted by Gasteiger charge is 2.08. The molecule has 0 aromatic carbocycles. The first-order valence-electron chi connectivity index (χ1n) is 1.76. The van der Waals surface area contributed by atoms with Gasteiger partial charge in [-0.2, -0.15) is 11.1 Å². The van der Waals surface area contributed by atoms with Gasteiger partial charge >= 0.3 is 0 Å². The van der Waals surface area contributed by atoms with E-state index in [0.29, 0.717) is 0 Å². The van der Waals surface area contributed by atoms with Crippen LogP contribution in [0, 0.1) is 0 Å². The zero-order valence-electron chi connectivity index (χ0n) is 4.63. The van der Waals surface area contributed by atoms with E-state index >= 15 is 0 Å². The third-order valence-corrected chi connectivity index (χ3v) is 0. The van der Waals surface area contributed by atoms with Crippen molar-refractivity contribution in [1.29, 1.82) is 0 Å². The minimum Gasteiger partial charge on any atom is -0.181 e. The second-order valence-electron chi connectivity index (χ2n) is 1.33. The summed E-state index contributed by atoms with van der Waals surface area (Å²) in [6.07, 6.45) is 0. The van der Waals surface area contributed by atoms with Gasteiger partial charge in [-0.15, -0.1) is 22.2 Å². The van der Waals surface area contributed by atoms with Crippen LogP contribution < -0.4 is 0 Å². The Morgan fingerprint density at radius 3 is 1.14 bits per heavy atom. The molecule has 0 N–H and O–H groups in total. The molecule has 0 unspecified atom stereocenters. The van der Waals surface area contributed by atoms with E-state index < -0.39 is 6.69 Å². The van der Waals surface area contributed by atoms with Gasteiger partial charge in [0.15, 0.2) is 0 Å². The molecule has 0 aromatic heterocycles. The summed E-state index contributed by atoms with van der Waals surface area (Å²) in [6.45, 7) is 2.05. The highest BCUT2D eigenvalue weighted by Crippen LogP contribution is 2.10. The van der Waals surface area contributed by atoms with Crippen LogP contribution in [0.15, 0.2) is 0 Å². The summed E-state index contributed by atoms with van der Waals surface area (Å²) < 4.78 is 0. The Balaban J connectivity index is 0. The molecule has 0 radical (unpaired) electrons. The van der Waals surface area contributed by atoms with E-state index in [1.807, 2.05) is 13.1 Å². The third-order valence-electron chi connectivity index (χ3n) is 0. The van der Waals surface area contributed by atoms with E-state index in [0.717, 1.165) is 9.55 Å². The van der Waals surface area contributed by atoms with Gasteiger partial charge in [-0.1, -0.05) is 0 Å². The molecule has 0 saturated heterocycles. The molecule has 0 rings (SSSR count). The lowest BCUT2D eigenvalue weighted by Gasteiger charge is -1.93. The number of hydrogen-bond donors (Lipinski definition) is 0. The fraction of sp³-hybridized carbons (Fsp3) is 1.00. The van der Waals surface area contributed by atoms with Crippen LogP contribution in [0.4, 0.5) is 0 Å². The molecule has 0 saturated carbocycles. The molecule has 0 nitrogen and oxygen atoms in total. The Kier molecular flexibility index (Phi) is 8.66. The Morgan fingerprint density at radius 1 is 1.14 bits per heavy atom. The van der Waals surface area contributed by atoms with E-state index in [2.05, 4.69) is 0 Å². The maximum atomic E-state index is 5.43. The van der Waals surface area contributed by atoms with Crippen LogP contribution >= 0.6 is 33.2 Å². The van der Waals surface area contributed by atoms with Crippen LogP contribution in [-0.2, 0) is 0 Å². The van der Waals surface area contributed by atoms with Crippen LogP contribution in [0.1, 0.15) is 0 Å². The van der Waals surface area contributed by atoms with E-state index in [1.165, 1.54) is 0 Å². The second kappa shape index (κ2) is 5.44. The predicted molar refractivity (Wildman–Crippen MR) is 45.0 cm³/mol. The molecule has 0 amide bonds. The molecule has 0 aliphatic heterocycles. The van der Waals surface area contributed by atoms with Crippen molar-refractivity contribution in [1.82, 2.24) is 0 Å². The molecule has 5 heteroatoms. The monoisotopic (exact) mass is 194 g/mol. The van der Waals surface area contributed by atoms with Gasteiger partial charge in [0.05, 0.1) is 0 Å². The molecular weight excluding hydrogens is 187 g/mol. The van der Waals surface area contributed by atoms with E-state index in [-0.39, 0.29) is 0 Å². The van der Waals surface area contributed by atoms with Gasteiger partial charge in [0.25, 0.3) is 0 Å². The van der Waals surface area contributed by atoms with Gasteiger partial charge in [-0.3, -0.25) is 0 Å². The fourth-order valence-electron chi connectivity index (χ4n) is 0. The molecule has 0 bridgehead atoms. The van der Waals surface area contributed by atoms with Gasteiger partial charge in [-0.05, 0) is 13.1 Å². The Labute approximate surface area is 62.7 Å². The summed E-state index contributed by atoms with van der Waals surface area (Å²) in [5.41, 5.74) is 0. The van der Waals surface area contributed by atoms with E-state index in [4.69, 9.17) is 33.2 Å². The van der Waals surface area contributed by atoms with Crippen molar-refractivity contribution in [3.8, 4) is 0 Å². The normalized spacial score (nSPS) is 9.86. The quantitative estimate of drug-likeness (QED) is 0.408. The van der Waals surface area contributed by atoms with Crippen molar-refractivity contribution in [2.75, 3.05) is 0 Å². The van der Waals surface area contributed by atoms with Crippen molar-refractivity contribution in [2.45, 2.75) is 13.1 Å². The Morgan fingerprint density at radius 2 is 1.14 bits per heavy atom. The first-order chi connectivity index (χ1) is 3.00. The molecule has 0 aromatic rings. The maximum absolute atomic E-state index is 5.43. The third kappa shape index (κ3) is 121. The summed E-state index contributed by atoms with van der Waals surface area (Å²) >= 11 is 15.6. The van der Waals surface area contributed by atoms with Crippen LogP contribution in [0.25, 0.3) is 0 Å². The van der Waals surface area contributed by atoms with Gasteiger partial charge in [0, 0.05) is 0 Å². The fourth-order valence-corrected chi connectivity index (χ4v) is 0. The number of halogens is 3. The molecule has 0 spiro atoms. The first-order valence-corrected chi connectivity index (χ1v) is 9.80. The number of rotatable bonds is 0. The average molecular weight is 196 g/mol. The lowest BCUT2D eigenvalue weighted by atomic mass is 11.9. The molecule has 0 fully saturated rings. The van der Waals surface area contributed by atoms with Crippen LogP contribution in [0.2, 0.25) is 13.1 Å². The van der Waals surface area contributed by atoms with Crippen LogP contribution in [-0.4, -0.2) is 16.2 Å². The lowest BCUT2D eigenvalue weighted by Crippen LogP contribution is -2.02. The summed E-state index contributed by atoms with van der Waals surface area (Å²) in [5.74, 6) is 0. The summed E-state index contributed by atoms with van der Waals surface area (Å²) in [6, 6.07) is 0. The largest absolute Gasteiger partial charge is 0.245 e. The smallest absolute Gasteiger partial charge is 0.181 e. The van der Waals surface area contributed by atoms with Crippen LogP contribution in [0.3, 0.4) is 0 Å². The minimum absolute atomic E-state index is 0.778. The van der Waals surface area contributed by atoms with Gasteiger partial charge in [0.1, 0.15) is 9.55 Å². The highest BCUT2D eigenvalue weighted by molar-refractivity contribution is 7.44. The Bertz CT molecular complexity index is 26.4. The maximum Gasteiger partial charge on any atom is 0.245 e. The molecule has 0 aliphatic carbocycles. The van der Waals surface area contributed by atoms with E-state index in [9.17, 15) is 0 Å². The molecule has 46 valence electrons. The van der Waals surface area contributed by atoms with Crippen molar-refractivity contribution >= 4 is 49.5 Å². The molecule has 0 aliphatic rings. The summed E-state index contributed by atoms with van der Waals surface area (Å²) in [4.78, 5) is 0. The standard InChI is InChI=1S/C2H6Cl2Si.ClH3Si/c1-5(2,3)4;1-2/h1-2H3;2H3. The molecule has 7 heavy (non-hydrogen) atoms. The molecular formula is C2H9Cl3Si2. The topological polar surface area (TPSA) is 0 Å². The number of hydrogen-bond acceptors (Lipinski definition) is 0. The van der Waals surface area contributed by atoms with Crippen molar-refractivity contribution in [3.63, 3.8) is 0 Å². The van der Waals surface area contributed by atoms with Crippen LogP contribution in [0.5, 0.6) is 0 Å². The first kappa shape index (κ1) is 11.1. The summed E-state index contributed by atoms with van der Waals surface area (Å²) in [5, 5.41) is 0. The van der Waals surface area contributed by atoms with Crippen molar-refractivity contribution in [3.05, 3.63) is 0 Å². The molecule has 0 atom stereocenters. The molecule has 0 heterocycles. The van der Waals surface area contributed by atoms with E-state index in [1.54, 1.807) is 0 Å². The lowest BCUT2D eigenvalue weighted by molar-refractivity contribution is 2.06. The minimum atomic E-state index is -1.67. The zero-order valence-corrected chi connectivity index (χ0v) is 9.90. The Hall–Kier alpha value is 1.30. The predicted octanol–water partition coefficient (Wildman–Crippen LogP) is 1.67. The SMILES string of the molecule is C[Si](C)(Cl)Cl.[SiH3]Cl. The summed E-state index contributed by atoms with van der Waals surface area (Å²) in [7, 11) is 0.778. The van der Waals surface area contributed by atoms with Gasteiger partial charge < -0.3 is 0 Å². The van der Waals surface area contributed by atoms with Crippen molar-refractivity contribution in [2.24, 2.45) is 0 Å². The highest BCUT2D eigenvalue weighted by atomic mass is 35.7.